The van der Waals surface area contributed by atoms with Crippen LogP contribution < -0.4 is 4.74 Å². The summed E-state index contributed by atoms with van der Waals surface area (Å²) >= 11 is 0. The van der Waals surface area contributed by atoms with Crippen molar-refractivity contribution in [1.82, 2.24) is 0 Å². The Morgan fingerprint density at radius 1 is 0.909 bits per heavy atom. The van der Waals surface area contributed by atoms with E-state index >= 15 is 0 Å². The number of hydrogen-bond acceptors (Lipinski definition) is 5. The van der Waals surface area contributed by atoms with E-state index in [-0.39, 0.29) is 24.1 Å². The molecule has 1 N–H and O–H groups in total. The molecule has 1 aromatic carbocycles. The molecule has 8 atom stereocenters. The summed E-state index contributed by atoms with van der Waals surface area (Å²) in [6.07, 6.45) is 11.9. The van der Waals surface area contributed by atoms with Crippen LogP contribution in [-0.4, -0.2) is 37.0 Å². The molecule has 0 spiro atoms. The van der Waals surface area contributed by atoms with Crippen LogP contribution in [0.3, 0.4) is 0 Å². The van der Waals surface area contributed by atoms with Crippen molar-refractivity contribution in [3.05, 3.63) is 29.3 Å². The summed E-state index contributed by atoms with van der Waals surface area (Å²) in [5.74, 6) is 2.51. The van der Waals surface area contributed by atoms with Crippen molar-refractivity contribution in [3.8, 4) is 5.75 Å². The fraction of sp³-hybridized carbons (Fsp3) is 0.786. The van der Waals surface area contributed by atoms with Crippen molar-refractivity contribution < 1.29 is 24.1 Å². The fourth-order valence-corrected chi connectivity index (χ4v) is 7.77. The molecule has 182 valence electrons. The minimum atomic E-state index is -0.416. The molecule has 5 nitrogen and oxygen atoms in total. The van der Waals surface area contributed by atoms with E-state index in [4.69, 9.17) is 18.9 Å². The number of ether oxygens (including phenoxy) is 4. The van der Waals surface area contributed by atoms with E-state index in [1.165, 1.54) is 31.2 Å². The Labute approximate surface area is 198 Å². The molecule has 6 rings (SSSR count). The second-order valence-electron chi connectivity index (χ2n) is 11.4. The molecule has 33 heavy (non-hydrogen) atoms. The third kappa shape index (κ3) is 4.13. The van der Waals surface area contributed by atoms with Crippen LogP contribution in [0.2, 0.25) is 0 Å². The fourth-order valence-electron chi connectivity index (χ4n) is 7.77. The molecule has 2 unspecified atom stereocenters. The Hall–Kier alpha value is -1.14. The molecule has 3 aliphatic carbocycles. The largest absolute Gasteiger partial charge is 0.465 e. The lowest BCUT2D eigenvalue weighted by atomic mass is 9.55. The van der Waals surface area contributed by atoms with Crippen molar-refractivity contribution >= 4 is 0 Å². The molecule has 0 amide bonds. The van der Waals surface area contributed by atoms with Crippen LogP contribution in [-0.2, 0) is 14.2 Å². The van der Waals surface area contributed by atoms with Crippen LogP contribution in [0.15, 0.2) is 18.2 Å². The third-order valence-electron chi connectivity index (χ3n) is 9.52. The molecular weight excluding hydrogens is 416 g/mol. The van der Waals surface area contributed by atoms with Gasteiger partial charge in [0.15, 0.2) is 12.6 Å². The highest BCUT2D eigenvalue weighted by Gasteiger charge is 2.56. The second kappa shape index (κ2) is 9.14. The van der Waals surface area contributed by atoms with Crippen LogP contribution in [0.1, 0.15) is 101 Å². The smallest absolute Gasteiger partial charge is 0.199 e. The molecule has 2 saturated carbocycles. The van der Waals surface area contributed by atoms with Gasteiger partial charge in [0.25, 0.3) is 0 Å². The molecular formula is C28H40O5. The van der Waals surface area contributed by atoms with E-state index in [0.29, 0.717) is 17.8 Å². The van der Waals surface area contributed by atoms with Crippen LogP contribution in [0.5, 0.6) is 5.75 Å². The molecule has 2 heterocycles. The monoisotopic (exact) mass is 456 g/mol. The first kappa shape index (κ1) is 22.3. The molecule has 4 fully saturated rings. The first-order valence-corrected chi connectivity index (χ1v) is 13.5. The Bertz CT molecular complexity index is 830. The second-order valence-corrected chi connectivity index (χ2v) is 11.4. The van der Waals surface area contributed by atoms with Gasteiger partial charge in [-0.05, 0) is 111 Å². The average molecular weight is 457 g/mol. The quantitative estimate of drug-likeness (QED) is 0.616. The normalized spacial score (nSPS) is 42.8. The molecule has 0 bridgehead atoms. The van der Waals surface area contributed by atoms with Gasteiger partial charge in [0.1, 0.15) is 5.75 Å². The lowest BCUT2D eigenvalue weighted by Gasteiger charge is -2.51. The Morgan fingerprint density at radius 3 is 2.45 bits per heavy atom. The number of hydrogen-bond donors (Lipinski definition) is 1. The highest BCUT2D eigenvalue weighted by Crippen LogP contribution is 2.63. The summed E-state index contributed by atoms with van der Waals surface area (Å²) in [6.45, 7) is 4.07. The summed E-state index contributed by atoms with van der Waals surface area (Å²) < 4.78 is 24.4. The van der Waals surface area contributed by atoms with Crippen molar-refractivity contribution in [2.24, 2.45) is 17.3 Å². The number of aliphatic hydroxyl groups excluding tert-OH is 1. The summed E-state index contributed by atoms with van der Waals surface area (Å²) in [4.78, 5) is 0. The first-order valence-electron chi connectivity index (χ1n) is 13.5. The predicted octanol–water partition coefficient (Wildman–Crippen LogP) is 5.85. The topological polar surface area (TPSA) is 57.2 Å². The summed E-state index contributed by atoms with van der Waals surface area (Å²) in [6, 6.07) is 6.42. The highest BCUT2D eigenvalue weighted by molar-refractivity contribution is 5.42. The standard InChI is InChI=1S/C28H40O5/c1-28-13-12-20-19-9-8-18(32-26-6-2-4-14-30-26)16-22(19)24(29)17-21(20)23(28)10-11-25(28)33-27-7-3-5-15-31-27/h8-9,16,20-21,23-27,29H,2-7,10-15,17H2,1H3/t20-,21-,23+,24+,25+,26?,27?,28+/m1/s1. The number of aliphatic hydroxyl groups is 1. The molecule has 0 aromatic heterocycles. The van der Waals surface area contributed by atoms with Crippen LogP contribution in [0, 0.1) is 17.3 Å². The van der Waals surface area contributed by atoms with Crippen molar-refractivity contribution in [2.75, 3.05) is 13.2 Å². The van der Waals surface area contributed by atoms with E-state index in [2.05, 4.69) is 25.1 Å². The Morgan fingerprint density at radius 2 is 1.70 bits per heavy atom. The van der Waals surface area contributed by atoms with E-state index in [1.54, 1.807) is 0 Å². The zero-order valence-electron chi connectivity index (χ0n) is 20.0. The van der Waals surface area contributed by atoms with Crippen LogP contribution in [0.4, 0.5) is 0 Å². The molecule has 2 saturated heterocycles. The summed E-state index contributed by atoms with van der Waals surface area (Å²) in [5, 5.41) is 11.2. The van der Waals surface area contributed by atoms with Gasteiger partial charge in [-0.1, -0.05) is 13.0 Å². The molecule has 5 heteroatoms. The number of benzene rings is 1. The average Bonchev–Trinajstić information content (AvgIpc) is 3.17. The van der Waals surface area contributed by atoms with Gasteiger partial charge in [0.2, 0.25) is 0 Å². The van der Waals surface area contributed by atoms with Crippen molar-refractivity contribution in [1.29, 1.82) is 0 Å². The lowest BCUT2D eigenvalue weighted by molar-refractivity contribution is -0.213. The van der Waals surface area contributed by atoms with Crippen LogP contribution >= 0.6 is 0 Å². The molecule has 0 radical (unpaired) electrons. The summed E-state index contributed by atoms with van der Waals surface area (Å²) in [7, 11) is 0. The number of rotatable bonds is 4. The predicted molar refractivity (Wildman–Crippen MR) is 125 cm³/mol. The summed E-state index contributed by atoms with van der Waals surface area (Å²) in [5.41, 5.74) is 2.62. The van der Waals surface area contributed by atoms with Crippen molar-refractivity contribution in [2.45, 2.75) is 108 Å². The van der Waals surface area contributed by atoms with Gasteiger partial charge in [-0.25, -0.2) is 0 Å². The maximum atomic E-state index is 11.2. The maximum Gasteiger partial charge on any atom is 0.199 e. The van der Waals surface area contributed by atoms with Crippen molar-refractivity contribution in [3.63, 3.8) is 0 Å². The van der Waals surface area contributed by atoms with E-state index in [9.17, 15) is 5.11 Å². The molecule has 5 aliphatic rings. The van der Waals surface area contributed by atoms with Gasteiger partial charge in [-0.2, -0.15) is 0 Å². The van der Waals surface area contributed by atoms with Gasteiger partial charge >= 0.3 is 0 Å². The van der Waals surface area contributed by atoms with Gasteiger partial charge < -0.3 is 24.1 Å². The minimum Gasteiger partial charge on any atom is -0.465 e. The van der Waals surface area contributed by atoms with Gasteiger partial charge in [0, 0.05) is 13.0 Å². The van der Waals surface area contributed by atoms with Gasteiger partial charge in [0.05, 0.1) is 18.8 Å². The van der Waals surface area contributed by atoms with Crippen LogP contribution in [0.25, 0.3) is 0 Å². The van der Waals surface area contributed by atoms with E-state index < -0.39 is 6.10 Å². The maximum absolute atomic E-state index is 11.2. The van der Waals surface area contributed by atoms with Gasteiger partial charge in [-0.15, -0.1) is 0 Å². The number of fused-ring (bicyclic) bond motifs is 5. The zero-order valence-corrected chi connectivity index (χ0v) is 20.0. The minimum absolute atomic E-state index is 0.0127. The lowest BCUT2D eigenvalue weighted by Crippen LogP contribution is -2.46. The molecule has 2 aliphatic heterocycles. The Balaban J connectivity index is 1.19. The SMILES string of the molecule is C[C@]12CC[C@@H]3c4ccc(OC5CCCCO5)cc4[C@@H](O)C[C@H]3[C@@H]1CC[C@@H]2OC1CCCCO1. The molecule has 1 aromatic rings. The van der Waals surface area contributed by atoms with E-state index in [0.717, 1.165) is 69.5 Å². The van der Waals surface area contributed by atoms with Gasteiger partial charge in [-0.3, -0.25) is 0 Å². The third-order valence-corrected chi connectivity index (χ3v) is 9.52. The zero-order chi connectivity index (χ0) is 22.4. The first-order chi connectivity index (χ1) is 16.1. The van der Waals surface area contributed by atoms with E-state index in [1.807, 2.05) is 0 Å². The Kier molecular flexibility index (Phi) is 6.19. The highest BCUT2D eigenvalue weighted by atomic mass is 16.7.